The average Bonchev–Trinajstić information content (AvgIpc) is 3.32. The van der Waals surface area contributed by atoms with Crippen LogP contribution in [0.15, 0.2) is 24.3 Å². The van der Waals surface area contributed by atoms with E-state index in [0.717, 1.165) is 30.1 Å². The molecule has 6 nitrogen and oxygen atoms in total. The van der Waals surface area contributed by atoms with Crippen molar-refractivity contribution >= 4 is 11.9 Å². The number of anilines is 1. The molecule has 1 heterocycles. The van der Waals surface area contributed by atoms with E-state index >= 15 is 0 Å². The molecule has 1 aromatic heterocycles. The zero-order chi connectivity index (χ0) is 17.9. The summed E-state index contributed by atoms with van der Waals surface area (Å²) in [5.41, 5.74) is 0.479. The second kappa shape index (κ2) is 7.25. The lowest BCUT2D eigenvalue weighted by atomic mass is 9.86. The van der Waals surface area contributed by atoms with Crippen molar-refractivity contribution in [2.45, 2.75) is 46.5 Å². The minimum Gasteiger partial charge on any atom is -0.494 e. The van der Waals surface area contributed by atoms with E-state index in [1.54, 1.807) is 0 Å². The van der Waals surface area contributed by atoms with E-state index in [1.807, 2.05) is 45.0 Å². The average molecular weight is 342 g/mol. The number of nitrogens with one attached hydrogen (secondary N) is 2. The summed E-state index contributed by atoms with van der Waals surface area (Å²) >= 11 is 0. The summed E-state index contributed by atoms with van der Waals surface area (Å²) in [4.78, 5) is 16.9. The zero-order valence-corrected chi connectivity index (χ0v) is 15.1. The molecule has 1 saturated carbocycles. The molecular formula is C19H26N4O2. The summed E-state index contributed by atoms with van der Waals surface area (Å²) in [7, 11) is 0. The van der Waals surface area contributed by atoms with E-state index < -0.39 is 5.41 Å². The van der Waals surface area contributed by atoms with Gasteiger partial charge in [0.25, 0.3) is 0 Å². The molecule has 1 aromatic carbocycles. The summed E-state index contributed by atoms with van der Waals surface area (Å²) in [6, 6.07) is 7.61. The standard InChI is InChI=1S/C19H26N4O2/c1-4-25-15-9-7-14(8-10-15)16-20-18(23-22-16)21-17(24)19(2,3)12-11-13-5-6-13/h7-10,13H,4-6,11-12H2,1-3H3,(H2,20,21,22,23,24). The van der Waals surface area contributed by atoms with Gasteiger partial charge in [-0.1, -0.05) is 26.7 Å². The van der Waals surface area contributed by atoms with Crippen molar-refractivity contribution in [3.63, 3.8) is 0 Å². The maximum atomic E-state index is 12.5. The molecule has 134 valence electrons. The van der Waals surface area contributed by atoms with E-state index in [9.17, 15) is 4.79 Å². The summed E-state index contributed by atoms with van der Waals surface area (Å²) < 4.78 is 5.43. The predicted molar refractivity (Wildman–Crippen MR) is 97.4 cm³/mol. The number of rotatable bonds is 8. The van der Waals surface area contributed by atoms with Crippen molar-refractivity contribution < 1.29 is 9.53 Å². The molecule has 3 rings (SSSR count). The minimum atomic E-state index is -0.414. The number of benzene rings is 1. The van der Waals surface area contributed by atoms with Gasteiger partial charge in [-0.2, -0.15) is 4.98 Å². The topological polar surface area (TPSA) is 79.9 Å². The Balaban J connectivity index is 1.61. The van der Waals surface area contributed by atoms with Gasteiger partial charge in [0.05, 0.1) is 6.61 Å². The number of aromatic amines is 1. The van der Waals surface area contributed by atoms with Crippen molar-refractivity contribution in [1.82, 2.24) is 15.2 Å². The lowest BCUT2D eigenvalue weighted by Crippen LogP contribution is -2.31. The summed E-state index contributed by atoms with van der Waals surface area (Å²) in [5, 5.41) is 9.82. The third-order valence-electron chi connectivity index (χ3n) is 4.64. The Hall–Kier alpha value is -2.37. The van der Waals surface area contributed by atoms with Crippen LogP contribution in [-0.4, -0.2) is 27.7 Å². The highest BCUT2D eigenvalue weighted by Crippen LogP contribution is 2.37. The van der Waals surface area contributed by atoms with Crippen LogP contribution in [0.1, 0.15) is 46.5 Å². The lowest BCUT2D eigenvalue weighted by Gasteiger charge is -2.22. The first-order valence-electron chi connectivity index (χ1n) is 8.95. The highest BCUT2D eigenvalue weighted by atomic mass is 16.5. The first kappa shape index (κ1) is 17.5. The Morgan fingerprint density at radius 3 is 2.68 bits per heavy atom. The molecule has 2 aromatic rings. The minimum absolute atomic E-state index is 0.0367. The molecule has 1 fully saturated rings. The van der Waals surface area contributed by atoms with E-state index in [0.29, 0.717) is 18.4 Å². The van der Waals surface area contributed by atoms with Gasteiger partial charge in [0.2, 0.25) is 11.9 Å². The molecule has 2 N–H and O–H groups in total. The van der Waals surface area contributed by atoms with Crippen molar-refractivity contribution in [2.24, 2.45) is 11.3 Å². The molecular weight excluding hydrogens is 316 g/mol. The number of hydrogen-bond acceptors (Lipinski definition) is 4. The van der Waals surface area contributed by atoms with Crippen molar-refractivity contribution in [3.05, 3.63) is 24.3 Å². The van der Waals surface area contributed by atoms with Crippen LogP contribution in [0.5, 0.6) is 5.75 Å². The third-order valence-corrected chi connectivity index (χ3v) is 4.64. The molecule has 1 aliphatic rings. The molecule has 0 unspecified atom stereocenters. The third kappa shape index (κ3) is 4.59. The van der Waals surface area contributed by atoms with Crippen LogP contribution in [0.3, 0.4) is 0 Å². The second-order valence-electron chi connectivity index (χ2n) is 7.29. The molecule has 0 bridgehead atoms. The molecule has 0 spiro atoms. The highest BCUT2D eigenvalue weighted by Gasteiger charge is 2.31. The number of carbonyl (C=O) groups excluding carboxylic acids is 1. The van der Waals surface area contributed by atoms with Gasteiger partial charge in [0.1, 0.15) is 5.75 Å². The summed E-state index contributed by atoms with van der Waals surface area (Å²) in [6.07, 6.45) is 4.62. The Labute approximate surface area is 148 Å². The Morgan fingerprint density at radius 1 is 1.32 bits per heavy atom. The van der Waals surface area contributed by atoms with Crippen molar-refractivity contribution in [2.75, 3.05) is 11.9 Å². The van der Waals surface area contributed by atoms with Gasteiger partial charge in [-0.3, -0.25) is 15.2 Å². The van der Waals surface area contributed by atoms with Crippen LogP contribution in [0, 0.1) is 11.3 Å². The van der Waals surface area contributed by atoms with Gasteiger partial charge in [-0.05, 0) is 49.9 Å². The fraction of sp³-hybridized carbons (Fsp3) is 0.526. The van der Waals surface area contributed by atoms with Gasteiger partial charge in [-0.15, -0.1) is 5.10 Å². The molecule has 6 heteroatoms. The Morgan fingerprint density at radius 2 is 2.04 bits per heavy atom. The molecule has 0 atom stereocenters. The molecule has 1 amide bonds. The molecule has 1 aliphatic carbocycles. The maximum Gasteiger partial charge on any atom is 0.249 e. The Bertz CT molecular complexity index is 717. The molecule has 0 aliphatic heterocycles. The van der Waals surface area contributed by atoms with Crippen LogP contribution in [-0.2, 0) is 4.79 Å². The van der Waals surface area contributed by atoms with Gasteiger partial charge < -0.3 is 4.74 Å². The van der Waals surface area contributed by atoms with E-state index in [-0.39, 0.29) is 5.91 Å². The smallest absolute Gasteiger partial charge is 0.249 e. The van der Waals surface area contributed by atoms with E-state index in [1.165, 1.54) is 12.8 Å². The van der Waals surface area contributed by atoms with Gasteiger partial charge in [0, 0.05) is 11.0 Å². The molecule has 25 heavy (non-hydrogen) atoms. The van der Waals surface area contributed by atoms with Crippen LogP contribution in [0.4, 0.5) is 5.95 Å². The van der Waals surface area contributed by atoms with Gasteiger partial charge in [0.15, 0.2) is 5.82 Å². The van der Waals surface area contributed by atoms with E-state index in [2.05, 4.69) is 20.5 Å². The monoisotopic (exact) mass is 342 g/mol. The van der Waals surface area contributed by atoms with Gasteiger partial charge >= 0.3 is 0 Å². The fourth-order valence-electron chi connectivity index (χ4n) is 2.68. The quantitative estimate of drug-likeness (QED) is 0.759. The van der Waals surface area contributed by atoms with Gasteiger partial charge in [-0.25, -0.2) is 0 Å². The van der Waals surface area contributed by atoms with Crippen molar-refractivity contribution in [3.8, 4) is 17.1 Å². The SMILES string of the molecule is CCOc1ccc(-c2nc(NC(=O)C(C)(C)CCC3CC3)n[nH]2)cc1. The predicted octanol–water partition coefficient (Wildman–Crippen LogP) is 4.03. The number of ether oxygens (including phenoxy) is 1. The number of carbonyl (C=O) groups is 1. The second-order valence-corrected chi connectivity index (χ2v) is 7.29. The van der Waals surface area contributed by atoms with Crippen LogP contribution < -0.4 is 10.1 Å². The highest BCUT2D eigenvalue weighted by molar-refractivity contribution is 5.93. The molecule has 0 saturated heterocycles. The number of H-pyrrole nitrogens is 1. The van der Waals surface area contributed by atoms with Crippen LogP contribution in [0.2, 0.25) is 0 Å². The normalized spacial score (nSPS) is 14.4. The number of nitrogens with zero attached hydrogens (tertiary/aromatic N) is 2. The zero-order valence-electron chi connectivity index (χ0n) is 15.1. The largest absolute Gasteiger partial charge is 0.494 e. The van der Waals surface area contributed by atoms with Crippen LogP contribution in [0.25, 0.3) is 11.4 Å². The summed E-state index contributed by atoms with van der Waals surface area (Å²) in [6.45, 7) is 6.54. The van der Waals surface area contributed by atoms with E-state index in [4.69, 9.17) is 4.74 Å². The Kier molecular flexibility index (Phi) is 5.06. The lowest BCUT2D eigenvalue weighted by molar-refractivity contribution is -0.124. The number of amides is 1. The first-order chi connectivity index (χ1) is 12.0. The maximum absolute atomic E-state index is 12.5. The summed E-state index contributed by atoms with van der Waals surface area (Å²) in [5.74, 6) is 2.53. The van der Waals surface area contributed by atoms with Crippen molar-refractivity contribution in [1.29, 1.82) is 0 Å². The first-order valence-corrected chi connectivity index (χ1v) is 8.95. The van der Waals surface area contributed by atoms with Crippen LogP contribution >= 0.6 is 0 Å². The molecule has 0 radical (unpaired) electrons. The fourth-order valence-corrected chi connectivity index (χ4v) is 2.68. The number of hydrogen-bond donors (Lipinski definition) is 2. The number of aromatic nitrogens is 3.